The van der Waals surface area contributed by atoms with Crippen molar-refractivity contribution in [2.75, 3.05) is 5.34 Å². The number of hydrogen-bond acceptors (Lipinski definition) is 1. The van der Waals surface area contributed by atoms with Crippen LogP contribution in [0.2, 0.25) is 0 Å². The molecule has 1 heterocycles. The van der Waals surface area contributed by atoms with Crippen LogP contribution in [-0.4, -0.2) is 15.3 Å². The van der Waals surface area contributed by atoms with E-state index in [0.29, 0.717) is 0 Å². The molecule has 9 heavy (non-hydrogen) atoms. The fraction of sp³-hybridized carbons (Fsp3) is 0.250. The second kappa shape index (κ2) is 6.79. The Hall–Kier alpha value is 0.673. The standard InChI is InChI=1S/C3H3N2.CH2Cl2.Zr/c1-2-5-3-4-1;2-1-3;/h1-2H,(H,4,5);1H2;. The van der Waals surface area contributed by atoms with Gasteiger partial charge in [-0.05, 0) is 0 Å². The molecule has 0 bridgehead atoms. The van der Waals surface area contributed by atoms with Gasteiger partial charge in [0.05, 0.1) is 5.34 Å². The van der Waals surface area contributed by atoms with E-state index in [1.54, 1.807) is 6.20 Å². The van der Waals surface area contributed by atoms with E-state index in [2.05, 4.69) is 9.97 Å². The Kier molecular flexibility index (Phi) is 7.30. The summed E-state index contributed by atoms with van der Waals surface area (Å²) in [6.45, 7) is 0. The zero-order valence-corrected chi connectivity index (χ0v) is 8.53. The van der Waals surface area contributed by atoms with Crippen LogP contribution in [0.25, 0.3) is 0 Å². The van der Waals surface area contributed by atoms with Crippen LogP contribution in [0.15, 0.2) is 12.4 Å². The number of aromatic amines is 1. The fourth-order valence-corrected chi connectivity index (χ4v) is 0.653. The number of aromatic nitrogens is 2. The molecule has 0 spiro atoms. The predicted molar refractivity (Wildman–Crippen MR) is 34.8 cm³/mol. The molecule has 1 aromatic heterocycles. The minimum atomic E-state index is 0.194. The van der Waals surface area contributed by atoms with Crippen molar-refractivity contribution in [1.29, 1.82) is 0 Å². The molecule has 1 aromatic rings. The van der Waals surface area contributed by atoms with Crippen molar-refractivity contribution in [3.63, 3.8) is 0 Å². The Bertz CT molecular complexity index is 131. The number of nitrogens with one attached hydrogen (secondary N) is 1. The second-order valence-electron chi connectivity index (χ2n) is 1.04. The van der Waals surface area contributed by atoms with Crippen molar-refractivity contribution in [1.82, 2.24) is 9.97 Å². The summed E-state index contributed by atoms with van der Waals surface area (Å²) in [5.74, 6) is 0. The van der Waals surface area contributed by atoms with Crippen molar-refractivity contribution in [3.05, 3.63) is 12.4 Å². The molecule has 0 aliphatic rings. The third kappa shape index (κ3) is 6.56. The fourth-order valence-electron chi connectivity index (χ4n) is 0.265. The van der Waals surface area contributed by atoms with Crippen molar-refractivity contribution in [3.8, 4) is 0 Å². The van der Waals surface area contributed by atoms with E-state index in [1.807, 2.05) is 6.20 Å². The molecule has 2 nitrogen and oxygen atoms in total. The van der Waals surface area contributed by atoms with Crippen LogP contribution in [0, 0.1) is 0 Å². The van der Waals surface area contributed by atoms with Gasteiger partial charge in [-0.25, -0.2) is 0 Å². The number of halogens is 2. The molecule has 0 fully saturated rings. The summed E-state index contributed by atoms with van der Waals surface area (Å²) >= 11 is 10.9. The van der Waals surface area contributed by atoms with E-state index in [1.165, 1.54) is 24.7 Å². The van der Waals surface area contributed by atoms with Gasteiger partial charge in [0, 0.05) is 0 Å². The van der Waals surface area contributed by atoms with E-state index < -0.39 is 0 Å². The van der Waals surface area contributed by atoms with Crippen LogP contribution in [0.1, 0.15) is 0 Å². The summed E-state index contributed by atoms with van der Waals surface area (Å²) in [5, 5.41) is 0.194. The Morgan fingerprint density at radius 1 is 1.67 bits per heavy atom. The molecule has 0 atom stereocenters. The van der Waals surface area contributed by atoms with Gasteiger partial charge in [0.15, 0.2) is 0 Å². The van der Waals surface area contributed by atoms with Crippen molar-refractivity contribution < 1.29 is 24.7 Å². The van der Waals surface area contributed by atoms with Crippen LogP contribution in [0.3, 0.4) is 0 Å². The topological polar surface area (TPSA) is 28.7 Å². The summed E-state index contributed by atoms with van der Waals surface area (Å²) in [5.41, 5.74) is 0. The Balaban J connectivity index is 0.000000187. The number of alkyl halides is 2. The summed E-state index contributed by atoms with van der Waals surface area (Å²) in [4.78, 5) is 6.83. The first-order chi connectivity index (χ1) is 4.31. The molecule has 0 aliphatic heterocycles. The summed E-state index contributed by atoms with van der Waals surface area (Å²) in [7, 11) is 0. The molecule has 0 saturated carbocycles. The first-order valence-electron chi connectivity index (χ1n) is 2.14. The molecule has 5 heteroatoms. The molecular formula is C4H5Cl2N2Zr. The SMILES string of the molecule is ClCCl.[Zr][c]1ncc[nH]1. The minimum absolute atomic E-state index is 0.194. The van der Waals surface area contributed by atoms with E-state index in [0.717, 1.165) is 3.53 Å². The van der Waals surface area contributed by atoms with Crippen molar-refractivity contribution in [2.45, 2.75) is 0 Å². The molecule has 0 amide bonds. The molecule has 0 saturated heterocycles. The van der Waals surface area contributed by atoms with E-state index in [-0.39, 0.29) is 5.34 Å². The maximum atomic E-state index is 4.76. The van der Waals surface area contributed by atoms with E-state index in [9.17, 15) is 0 Å². The van der Waals surface area contributed by atoms with Gasteiger partial charge in [-0.1, -0.05) is 0 Å². The summed E-state index contributed by atoms with van der Waals surface area (Å²) in [6, 6.07) is 0. The van der Waals surface area contributed by atoms with Crippen LogP contribution in [0.4, 0.5) is 0 Å². The molecule has 49 valence electrons. The first-order valence-corrected chi connectivity index (χ1v) is 4.44. The second-order valence-corrected chi connectivity index (χ2v) is 3.01. The number of rotatable bonds is 0. The molecule has 0 aromatic carbocycles. The Morgan fingerprint density at radius 2 is 2.22 bits per heavy atom. The third-order valence-corrected chi connectivity index (χ3v) is 1.17. The third-order valence-electron chi connectivity index (χ3n) is 0.498. The number of imidazole rings is 1. The van der Waals surface area contributed by atoms with Crippen molar-refractivity contribution in [2.24, 2.45) is 0 Å². The van der Waals surface area contributed by atoms with Crippen molar-refractivity contribution >= 4 is 26.7 Å². The molecule has 1 rings (SSSR count). The van der Waals surface area contributed by atoms with Gasteiger partial charge in [-0.15, -0.1) is 23.2 Å². The van der Waals surface area contributed by atoms with Gasteiger partial charge in [-0.3, -0.25) is 0 Å². The monoisotopic (exact) mass is 241 g/mol. The van der Waals surface area contributed by atoms with E-state index >= 15 is 0 Å². The van der Waals surface area contributed by atoms with Crippen LogP contribution in [0.5, 0.6) is 0 Å². The molecule has 0 radical (unpaired) electrons. The average molecular weight is 243 g/mol. The van der Waals surface area contributed by atoms with Crippen LogP contribution >= 0.6 is 23.2 Å². The number of nitrogens with zero attached hydrogens (tertiary/aromatic N) is 1. The van der Waals surface area contributed by atoms with Gasteiger partial charge in [0.2, 0.25) is 0 Å². The molecule has 0 aliphatic carbocycles. The van der Waals surface area contributed by atoms with Gasteiger partial charge in [0.1, 0.15) is 0 Å². The number of hydrogen-bond donors (Lipinski definition) is 1. The quantitative estimate of drug-likeness (QED) is 0.677. The van der Waals surface area contributed by atoms with Gasteiger partial charge in [-0.2, -0.15) is 0 Å². The zero-order valence-electron chi connectivity index (χ0n) is 4.56. The Morgan fingerprint density at radius 3 is 2.33 bits per heavy atom. The van der Waals surface area contributed by atoms with Gasteiger partial charge in [0.25, 0.3) is 0 Å². The summed E-state index contributed by atoms with van der Waals surface area (Å²) < 4.78 is 1.06. The van der Waals surface area contributed by atoms with E-state index in [4.69, 9.17) is 23.2 Å². The molecule has 0 unspecified atom stereocenters. The predicted octanol–water partition coefficient (Wildman–Crippen LogP) is 1.00. The Labute approximate surface area is 78.8 Å². The average Bonchev–Trinajstić information content (AvgIpc) is 2.20. The van der Waals surface area contributed by atoms with Crippen LogP contribution < -0.4 is 3.53 Å². The molecular weight excluding hydrogens is 238 g/mol. The maximum absolute atomic E-state index is 4.76. The van der Waals surface area contributed by atoms with Crippen LogP contribution in [-0.2, 0) is 24.7 Å². The first kappa shape index (κ1) is 9.67. The molecule has 1 N–H and O–H groups in total. The van der Waals surface area contributed by atoms with Gasteiger partial charge >= 0.3 is 50.6 Å². The normalized spacial score (nSPS) is 7.67. The number of H-pyrrole nitrogens is 1. The van der Waals surface area contributed by atoms with Gasteiger partial charge < -0.3 is 0 Å². The zero-order chi connectivity index (χ0) is 7.11. The summed E-state index contributed by atoms with van der Waals surface area (Å²) in [6.07, 6.45) is 3.58.